The standard InChI is InChI=1S/C11H12FN3O5S/c12-8-2-1-3-9(11(8)15(17)18)21(19,20)13-6-7-4-5-10(16)14-7/h1-3,7,13H,4-6H2,(H,14,16). The first-order valence-electron chi connectivity index (χ1n) is 6.03. The van der Waals surface area contributed by atoms with Crippen LogP contribution >= 0.6 is 0 Å². The van der Waals surface area contributed by atoms with Crippen molar-refractivity contribution in [2.45, 2.75) is 23.8 Å². The third kappa shape index (κ3) is 3.34. The van der Waals surface area contributed by atoms with Crippen molar-refractivity contribution < 1.29 is 22.5 Å². The molecule has 2 N–H and O–H groups in total. The molecule has 114 valence electrons. The largest absolute Gasteiger partial charge is 0.352 e. The first-order chi connectivity index (χ1) is 9.81. The number of halogens is 1. The summed E-state index contributed by atoms with van der Waals surface area (Å²) >= 11 is 0. The molecule has 1 atom stereocenters. The zero-order valence-corrected chi connectivity index (χ0v) is 11.5. The van der Waals surface area contributed by atoms with Crippen LogP contribution in [0.15, 0.2) is 23.1 Å². The van der Waals surface area contributed by atoms with Gasteiger partial charge < -0.3 is 5.32 Å². The van der Waals surface area contributed by atoms with Crippen molar-refractivity contribution >= 4 is 21.6 Å². The van der Waals surface area contributed by atoms with E-state index < -0.39 is 31.3 Å². The molecule has 0 saturated carbocycles. The Bertz CT molecular complexity index is 691. The molecule has 8 nitrogen and oxygen atoms in total. The van der Waals surface area contributed by atoms with Gasteiger partial charge >= 0.3 is 5.69 Å². The second-order valence-corrected chi connectivity index (χ2v) is 6.23. The SMILES string of the molecule is O=C1CCC(CNS(=O)(=O)c2cccc(F)c2[N+](=O)[O-])N1. The van der Waals surface area contributed by atoms with Crippen molar-refractivity contribution in [3.8, 4) is 0 Å². The number of rotatable bonds is 5. The van der Waals surface area contributed by atoms with E-state index in [9.17, 15) is 27.7 Å². The van der Waals surface area contributed by atoms with Gasteiger partial charge in [0.05, 0.1) is 4.92 Å². The van der Waals surface area contributed by atoms with Gasteiger partial charge in [0, 0.05) is 19.0 Å². The molecule has 2 rings (SSSR count). The third-order valence-corrected chi connectivity index (χ3v) is 4.48. The maximum absolute atomic E-state index is 13.4. The Labute approximate surface area is 119 Å². The molecule has 21 heavy (non-hydrogen) atoms. The number of nitro benzene ring substituents is 1. The number of para-hydroxylation sites is 1. The first-order valence-corrected chi connectivity index (χ1v) is 7.51. The summed E-state index contributed by atoms with van der Waals surface area (Å²) in [5.74, 6) is -1.41. The van der Waals surface area contributed by atoms with Gasteiger partial charge in [0.15, 0.2) is 4.90 Å². The van der Waals surface area contributed by atoms with Crippen molar-refractivity contribution in [3.05, 3.63) is 34.1 Å². The van der Waals surface area contributed by atoms with Crippen LogP contribution in [0.2, 0.25) is 0 Å². The van der Waals surface area contributed by atoms with Gasteiger partial charge in [-0.1, -0.05) is 6.07 Å². The Hall–Kier alpha value is -2.07. The molecule has 0 bridgehead atoms. The van der Waals surface area contributed by atoms with Crippen LogP contribution < -0.4 is 10.0 Å². The number of nitro groups is 1. The molecule has 1 aromatic carbocycles. The molecule has 1 unspecified atom stereocenters. The van der Waals surface area contributed by atoms with Crippen molar-refractivity contribution in [1.29, 1.82) is 0 Å². The molecule has 0 spiro atoms. The summed E-state index contributed by atoms with van der Waals surface area (Å²) in [5, 5.41) is 13.4. The monoisotopic (exact) mass is 317 g/mol. The number of hydrogen-bond acceptors (Lipinski definition) is 5. The highest BCUT2D eigenvalue weighted by Crippen LogP contribution is 2.26. The molecule has 1 amide bonds. The minimum atomic E-state index is -4.25. The highest BCUT2D eigenvalue weighted by Gasteiger charge is 2.30. The average Bonchev–Trinajstić information content (AvgIpc) is 2.82. The summed E-state index contributed by atoms with van der Waals surface area (Å²) in [6.07, 6.45) is 0.763. The lowest BCUT2D eigenvalue weighted by Gasteiger charge is -2.12. The lowest BCUT2D eigenvalue weighted by molar-refractivity contribution is -0.390. The second-order valence-electron chi connectivity index (χ2n) is 4.50. The number of hydrogen-bond donors (Lipinski definition) is 2. The number of nitrogens with one attached hydrogen (secondary N) is 2. The van der Waals surface area contributed by atoms with Crippen molar-refractivity contribution in [3.63, 3.8) is 0 Å². The predicted octanol–water partition coefficient (Wildman–Crippen LogP) is 0.291. The van der Waals surface area contributed by atoms with Crippen LogP contribution in [0.3, 0.4) is 0 Å². The smallest absolute Gasteiger partial charge is 0.324 e. The van der Waals surface area contributed by atoms with Crippen LogP contribution in [0.25, 0.3) is 0 Å². The number of carbonyl (C=O) groups excluding carboxylic acids is 1. The van der Waals surface area contributed by atoms with Gasteiger partial charge in [0.1, 0.15) is 0 Å². The van der Waals surface area contributed by atoms with Gasteiger partial charge in [-0.15, -0.1) is 0 Å². The Morgan fingerprint density at radius 2 is 2.19 bits per heavy atom. The summed E-state index contributed by atoms with van der Waals surface area (Å²) in [6, 6.07) is 2.47. The lowest BCUT2D eigenvalue weighted by atomic mass is 10.2. The van der Waals surface area contributed by atoms with E-state index in [-0.39, 0.29) is 18.5 Å². The minimum absolute atomic E-state index is 0.109. The summed E-state index contributed by atoms with van der Waals surface area (Å²) in [5.41, 5.74) is -1.10. The van der Waals surface area contributed by atoms with E-state index >= 15 is 0 Å². The van der Waals surface area contributed by atoms with Crippen molar-refractivity contribution in [2.75, 3.05) is 6.54 Å². The van der Waals surface area contributed by atoms with E-state index in [0.717, 1.165) is 18.2 Å². The minimum Gasteiger partial charge on any atom is -0.352 e. The van der Waals surface area contributed by atoms with Gasteiger partial charge in [-0.2, -0.15) is 4.39 Å². The van der Waals surface area contributed by atoms with Gasteiger partial charge in [-0.3, -0.25) is 14.9 Å². The van der Waals surface area contributed by atoms with E-state index in [0.29, 0.717) is 12.8 Å². The van der Waals surface area contributed by atoms with Gasteiger partial charge in [0.25, 0.3) is 0 Å². The summed E-state index contributed by atoms with van der Waals surface area (Å²) < 4.78 is 39.7. The Morgan fingerprint density at radius 3 is 2.76 bits per heavy atom. The molecular weight excluding hydrogens is 305 g/mol. The predicted molar refractivity (Wildman–Crippen MR) is 69.4 cm³/mol. The normalized spacial score (nSPS) is 18.5. The maximum atomic E-state index is 13.4. The maximum Gasteiger partial charge on any atom is 0.324 e. The Morgan fingerprint density at radius 1 is 1.48 bits per heavy atom. The molecule has 10 heteroatoms. The molecule has 0 aliphatic carbocycles. The van der Waals surface area contributed by atoms with Crippen molar-refractivity contribution in [1.82, 2.24) is 10.0 Å². The van der Waals surface area contributed by atoms with Crippen LogP contribution in [0.1, 0.15) is 12.8 Å². The molecule has 1 saturated heterocycles. The van der Waals surface area contributed by atoms with Gasteiger partial charge in [-0.25, -0.2) is 13.1 Å². The van der Waals surface area contributed by atoms with E-state index in [1.165, 1.54) is 0 Å². The van der Waals surface area contributed by atoms with Crippen LogP contribution in [-0.2, 0) is 14.8 Å². The molecule has 1 heterocycles. The molecule has 1 fully saturated rings. The molecule has 0 aromatic heterocycles. The summed E-state index contributed by atoms with van der Waals surface area (Å²) in [4.78, 5) is 20.0. The van der Waals surface area contributed by atoms with Crippen LogP contribution in [0, 0.1) is 15.9 Å². The molecule has 1 aliphatic rings. The molecule has 0 radical (unpaired) electrons. The zero-order chi connectivity index (χ0) is 15.6. The topological polar surface area (TPSA) is 118 Å². The number of benzene rings is 1. The third-order valence-electron chi connectivity index (χ3n) is 3.03. The van der Waals surface area contributed by atoms with Crippen LogP contribution in [0.4, 0.5) is 10.1 Å². The molecule has 1 aliphatic heterocycles. The summed E-state index contributed by atoms with van der Waals surface area (Å²) in [6.45, 7) is -0.109. The van der Waals surface area contributed by atoms with E-state index in [4.69, 9.17) is 0 Å². The number of carbonyl (C=O) groups is 1. The Balaban J connectivity index is 2.22. The molecular formula is C11H12FN3O5S. The van der Waals surface area contributed by atoms with Gasteiger partial charge in [-0.05, 0) is 18.6 Å². The average molecular weight is 317 g/mol. The lowest BCUT2D eigenvalue weighted by Crippen LogP contribution is -2.38. The van der Waals surface area contributed by atoms with Crippen LogP contribution in [-0.4, -0.2) is 31.8 Å². The number of nitrogens with zero attached hydrogens (tertiary/aromatic N) is 1. The fraction of sp³-hybridized carbons (Fsp3) is 0.364. The molecule has 1 aromatic rings. The summed E-state index contributed by atoms with van der Waals surface area (Å²) in [7, 11) is -4.25. The van der Waals surface area contributed by atoms with E-state index in [1.54, 1.807) is 0 Å². The quantitative estimate of drug-likeness (QED) is 0.597. The first kappa shape index (κ1) is 15.3. The second kappa shape index (κ2) is 5.74. The fourth-order valence-corrected chi connectivity index (χ4v) is 3.27. The fourth-order valence-electron chi connectivity index (χ4n) is 2.01. The van der Waals surface area contributed by atoms with Crippen molar-refractivity contribution in [2.24, 2.45) is 0 Å². The highest BCUT2D eigenvalue weighted by atomic mass is 32.2. The number of amides is 1. The number of sulfonamides is 1. The zero-order valence-electron chi connectivity index (χ0n) is 10.7. The van der Waals surface area contributed by atoms with E-state index in [1.807, 2.05) is 0 Å². The van der Waals surface area contributed by atoms with Crippen LogP contribution in [0.5, 0.6) is 0 Å². The van der Waals surface area contributed by atoms with E-state index in [2.05, 4.69) is 10.0 Å². The highest BCUT2D eigenvalue weighted by molar-refractivity contribution is 7.89. The Kier molecular flexibility index (Phi) is 4.19. The van der Waals surface area contributed by atoms with Gasteiger partial charge in [0.2, 0.25) is 21.7 Å².